The van der Waals surface area contributed by atoms with Crippen LogP contribution in [0.25, 0.3) is 0 Å². The molecule has 29 heavy (non-hydrogen) atoms. The topological polar surface area (TPSA) is 94.8 Å². The number of carbonyl (C=O) groups is 2. The zero-order valence-corrected chi connectivity index (χ0v) is 15.1. The van der Waals surface area contributed by atoms with E-state index in [1.807, 2.05) is 0 Å². The Morgan fingerprint density at radius 2 is 1.90 bits per heavy atom. The smallest absolute Gasteiger partial charge is 0.422 e. The van der Waals surface area contributed by atoms with Gasteiger partial charge < -0.3 is 20.1 Å². The molecule has 0 aliphatic carbocycles. The molecule has 3 heterocycles. The number of aromatic nitrogens is 1. The van der Waals surface area contributed by atoms with Crippen molar-refractivity contribution in [3.05, 3.63) is 18.0 Å². The molecular weight excluding hydrogens is 405 g/mol. The molecule has 2 fully saturated rings. The number of alkyl halides is 5. The number of ketones is 1. The van der Waals surface area contributed by atoms with E-state index in [1.165, 1.54) is 0 Å². The quantitative estimate of drug-likeness (QED) is 0.507. The van der Waals surface area contributed by atoms with E-state index < -0.39 is 48.9 Å². The normalized spacial score (nSPS) is 19.8. The number of carbonyl (C=O) groups excluding carboxylic acids is 2. The van der Waals surface area contributed by atoms with Crippen molar-refractivity contribution in [2.75, 3.05) is 37.8 Å². The van der Waals surface area contributed by atoms with Crippen molar-refractivity contribution in [2.24, 2.45) is 11.1 Å². The molecule has 2 saturated heterocycles. The van der Waals surface area contributed by atoms with Crippen LogP contribution in [0.5, 0.6) is 5.75 Å². The van der Waals surface area contributed by atoms with Gasteiger partial charge in [-0.15, -0.1) is 0 Å². The molecule has 0 atom stereocenters. The molecule has 2 N–H and O–H groups in total. The minimum Gasteiger partial charge on any atom is -0.482 e. The summed E-state index contributed by atoms with van der Waals surface area (Å²) in [5.74, 6) is -4.49. The second-order valence-corrected chi connectivity index (χ2v) is 7.39. The molecule has 2 aliphatic heterocycles. The molecule has 1 aromatic rings. The Balaban J connectivity index is 1.80. The fourth-order valence-corrected chi connectivity index (χ4v) is 3.24. The number of pyridine rings is 1. The first kappa shape index (κ1) is 21.2. The van der Waals surface area contributed by atoms with Gasteiger partial charge in [0.25, 0.3) is 5.92 Å². The summed E-state index contributed by atoms with van der Waals surface area (Å²) in [6.07, 6.45) is -3.86. The molecule has 0 radical (unpaired) electrons. The number of ether oxygens (including phenoxy) is 2. The molecule has 7 nitrogen and oxygen atoms in total. The van der Waals surface area contributed by atoms with Crippen molar-refractivity contribution < 1.29 is 41.0 Å². The highest BCUT2D eigenvalue weighted by atomic mass is 19.4. The third-order valence-electron chi connectivity index (χ3n) is 4.61. The Hall–Kier alpha value is -2.50. The van der Waals surface area contributed by atoms with Crippen LogP contribution in [0.2, 0.25) is 0 Å². The summed E-state index contributed by atoms with van der Waals surface area (Å²) in [7, 11) is 0. The van der Waals surface area contributed by atoms with Crippen LogP contribution >= 0.6 is 0 Å². The number of hydrogen-bond acceptors (Lipinski definition) is 6. The van der Waals surface area contributed by atoms with Crippen LogP contribution in [0.1, 0.15) is 23.3 Å². The predicted molar refractivity (Wildman–Crippen MR) is 89.0 cm³/mol. The molecule has 0 bridgehead atoms. The second-order valence-electron chi connectivity index (χ2n) is 7.39. The van der Waals surface area contributed by atoms with E-state index in [4.69, 9.17) is 15.2 Å². The first-order valence-electron chi connectivity index (χ1n) is 8.60. The lowest BCUT2D eigenvalue weighted by Crippen LogP contribution is -2.56. The zero-order valence-electron chi connectivity index (χ0n) is 15.1. The minimum absolute atomic E-state index is 0.0597. The van der Waals surface area contributed by atoms with E-state index in [-0.39, 0.29) is 43.2 Å². The lowest BCUT2D eigenvalue weighted by atomic mass is 9.77. The van der Waals surface area contributed by atoms with Gasteiger partial charge in [0.1, 0.15) is 11.4 Å². The highest BCUT2D eigenvalue weighted by Crippen LogP contribution is 2.39. The Morgan fingerprint density at radius 1 is 1.24 bits per heavy atom. The van der Waals surface area contributed by atoms with E-state index in [0.29, 0.717) is 0 Å². The molecular formula is C17H18F5N3O4. The van der Waals surface area contributed by atoms with Gasteiger partial charge in [-0.3, -0.25) is 14.6 Å². The summed E-state index contributed by atoms with van der Waals surface area (Å²) in [4.78, 5) is 28.8. The first-order chi connectivity index (χ1) is 13.4. The summed E-state index contributed by atoms with van der Waals surface area (Å²) in [6, 6.07) is 0.997. The molecule has 0 saturated carbocycles. The first-order valence-corrected chi connectivity index (χ1v) is 8.60. The van der Waals surface area contributed by atoms with Crippen LogP contribution in [0.4, 0.5) is 27.6 Å². The van der Waals surface area contributed by atoms with Gasteiger partial charge in [-0.05, 0) is 0 Å². The van der Waals surface area contributed by atoms with Crippen molar-refractivity contribution in [3.8, 4) is 5.75 Å². The summed E-state index contributed by atoms with van der Waals surface area (Å²) < 4.78 is 73.7. The summed E-state index contributed by atoms with van der Waals surface area (Å²) >= 11 is 0. The SMILES string of the molecule is NC(=O)CC1(CC(=O)c2cc(OCC(F)(F)F)c(N3CC(F)(F)C3)cn2)COC1. The number of primary amides is 1. The standard InChI is InChI=1S/C17H18F5N3O4/c18-16(19)5-25(6-16)11-4-24-10(1-13(11)29-9-17(20,21)22)12(26)2-15(3-14(23)27)7-28-8-15/h1,4H,2-3,5-9H2,(H2,23,27). The van der Waals surface area contributed by atoms with E-state index in [2.05, 4.69) is 4.98 Å². The number of amides is 1. The molecule has 12 heteroatoms. The lowest BCUT2D eigenvalue weighted by Gasteiger charge is -2.41. The fraction of sp³-hybridized carbons (Fsp3) is 0.588. The third kappa shape index (κ3) is 5.11. The fourth-order valence-electron chi connectivity index (χ4n) is 3.24. The van der Waals surface area contributed by atoms with Gasteiger partial charge in [0.05, 0.1) is 38.2 Å². The number of anilines is 1. The molecule has 1 amide bonds. The van der Waals surface area contributed by atoms with Gasteiger partial charge in [0, 0.05) is 24.3 Å². The third-order valence-corrected chi connectivity index (χ3v) is 4.61. The van der Waals surface area contributed by atoms with Gasteiger partial charge in [-0.1, -0.05) is 0 Å². The summed E-state index contributed by atoms with van der Waals surface area (Å²) in [5, 5.41) is 0. The predicted octanol–water partition coefficient (Wildman–Crippen LogP) is 1.94. The van der Waals surface area contributed by atoms with E-state index in [9.17, 15) is 31.5 Å². The van der Waals surface area contributed by atoms with Crippen LogP contribution in [0.3, 0.4) is 0 Å². The number of hydrogen-bond donors (Lipinski definition) is 1. The maximum Gasteiger partial charge on any atom is 0.422 e. The number of halogens is 5. The van der Waals surface area contributed by atoms with Crippen molar-refractivity contribution in [2.45, 2.75) is 24.9 Å². The number of nitrogens with zero attached hydrogens (tertiary/aromatic N) is 2. The van der Waals surface area contributed by atoms with Crippen LogP contribution in [-0.2, 0) is 9.53 Å². The summed E-state index contributed by atoms with van der Waals surface area (Å²) in [5.41, 5.74) is 4.15. The molecule has 1 aromatic heterocycles. The monoisotopic (exact) mass is 423 g/mol. The minimum atomic E-state index is -4.65. The van der Waals surface area contributed by atoms with Crippen molar-refractivity contribution in [3.63, 3.8) is 0 Å². The molecule has 0 unspecified atom stereocenters. The maximum atomic E-state index is 13.1. The van der Waals surface area contributed by atoms with Gasteiger partial charge in [-0.25, -0.2) is 8.78 Å². The second kappa shape index (κ2) is 7.39. The van der Waals surface area contributed by atoms with Gasteiger partial charge in [0.15, 0.2) is 12.4 Å². The Labute approximate surface area is 161 Å². The maximum absolute atomic E-state index is 13.1. The van der Waals surface area contributed by atoms with Crippen LogP contribution < -0.4 is 15.4 Å². The van der Waals surface area contributed by atoms with Gasteiger partial charge >= 0.3 is 6.18 Å². The number of rotatable bonds is 8. The summed E-state index contributed by atoms with van der Waals surface area (Å²) in [6.45, 7) is -2.76. The van der Waals surface area contributed by atoms with Crippen LogP contribution in [-0.4, -0.2) is 61.7 Å². The average Bonchev–Trinajstić information content (AvgIpc) is 2.54. The van der Waals surface area contributed by atoms with Crippen LogP contribution in [0.15, 0.2) is 12.3 Å². The van der Waals surface area contributed by atoms with Crippen LogP contribution in [0, 0.1) is 5.41 Å². The highest BCUT2D eigenvalue weighted by molar-refractivity contribution is 5.96. The van der Waals surface area contributed by atoms with Gasteiger partial charge in [0.2, 0.25) is 5.91 Å². The highest BCUT2D eigenvalue weighted by Gasteiger charge is 2.46. The lowest BCUT2D eigenvalue weighted by molar-refractivity contribution is -0.153. The molecule has 160 valence electrons. The Kier molecular flexibility index (Phi) is 5.41. The molecule has 2 aliphatic rings. The van der Waals surface area contributed by atoms with E-state index >= 15 is 0 Å². The van der Waals surface area contributed by atoms with E-state index in [1.54, 1.807) is 0 Å². The number of Topliss-reactive ketones (excluding diaryl/α,β-unsaturated/α-hetero) is 1. The van der Waals surface area contributed by atoms with Gasteiger partial charge in [-0.2, -0.15) is 13.2 Å². The van der Waals surface area contributed by atoms with Crippen molar-refractivity contribution >= 4 is 17.4 Å². The Morgan fingerprint density at radius 3 is 2.38 bits per heavy atom. The Bertz CT molecular complexity index is 803. The van der Waals surface area contributed by atoms with E-state index in [0.717, 1.165) is 17.2 Å². The van der Waals surface area contributed by atoms with Crippen molar-refractivity contribution in [1.29, 1.82) is 0 Å². The molecule has 0 aromatic carbocycles. The molecule has 0 spiro atoms. The average molecular weight is 423 g/mol. The molecule has 3 rings (SSSR count). The largest absolute Gasteiger partial charge is 0.482 e. The number of nitrogens with two attached hydrogens (primary N) is 1. The zero-order chi connectivity index (χ0) is 21.4. The van der Waals surface area contributed by atoms with Crippen molar-refractivity contribution in [1.82, 2.24) is 4.98 Å².